The zero-order valence-electron chi connectivity index (χ0n) is 19.2. The normalized spacial score (nSPS) is 15.8. The first kappa shape index (κ1) is 22.3. The average molecular weight is 476 g/mol. The summed E-state index contributed by atoms with van der Waals surface area (Å²) in [4.78, 5) is 19.7. The number of imidazole rings is 1. The lowest BCUT2D eigenvalue weighted by Crippen LogP contribution is -2.24. The minimum Gasteiger partial charge on any atom is -0.497 e. The molecule has 1 aliphatic rings. The molecule has 1 saturated heterocycles. The van der Waals surface area contributed by atoms with Crippen LogP contribution < -0.4 is 14.4 Å². The number of fused-ring (bicyclic) bond motifs is 1. The summed E-state index contributed by atoms with van der Waals surface area (Å²) >= 11 is 6.19. The van der Waals surface area contributed by atoms with Gasteiger partial charge in [0.25, 0.3) is 0 Å². The largest absolute Gasteiger partial charge is 0.497 e. The number of aromatic nitrogens is 2. The molecule has 34 heavy (non-hydrogen) atoms. The Hall–Kier alpha value is -3.51. The Morgan fingerprint density at radius 2 is 1.82 bits per heavy atom. The van der Waals surface area contributed by atoms with Gasteiger partial charge in [0.05, 0.1) is 24.7 Å². The topological polar surface area (TPSA) is 56.6 Å². The van der Waals surface area contributed by atoms with Gasteiger partial charge in [0.15, 0.2) is 0 Å². The van der Waals surface area contributed by atoms with E-state index in [4.69, 9.17) is 26.1 Å². The van der Waals surface area contributed by atoms with Gasteiger partial charge in [-0.2, -0.15) is 0 Å². The van der Waals surface area contributed by atoms with E-state index in [9.17, 15) is 4.79 Å². The van der Waals surface area contributed by atoms with Crippen molar-refractivity contribution in [1.82, 2.24) is 9.55 Å². The van der Waals surface area contributed by atoms with Crippen molar-refractivity contribution in [3.63, 3.8) is 0 Å². The van der Waals surface area contributed by atoms with Crippen LogP contribution in [-0.4, -0.2) is 35.7 Å². The summed E-state index contributed by atoms with van der Waals surface area (Å²) < 4.78 is 13.4. The minimum atomic E-state index is -0.00290. The number of para-hydroxylation sites is 2. The van der Waals surface area contributed by atoms with Crippen molar-refractivity contribution in [2.45, 2.75) is 25.8 Å². The molecule has 5 rings (SSSR count). The first-order chi connectivity index (χ1) is 16.5. The summed E-state index contributed by atoms with van der Waals surface area (Å²) in [5.41, 5.74) is 3.80. The molecule has 1 atom stereocenters. The van der Waals surface area contributed by atoms with E-state index < -0.39 is 0 Å². The third-order valence-electron chi connectivity index (χ3n) is 6.27. The van der Waals surface area contributed by atoms with E-state index in [1.54, 1.807) is 7.11 Å². The Morgan fingerprint density at radius 3 is 2.59 bits per heavy atom. The number of carbonyl (C=O) groups excluding carboxylic acids is 1. The number of carbonyl (C=O) groups is 1. The molecule has 0 radical (unpaired) electrons. The molecule has 1 aliphatic heterocycles. The average Bonchev–Trinajstić information content (AvgIpc) is 3.42. The smallest absolute Gasteiger partial charge is 0.227 e. The molecule has 2 heterocycles. The van der Waals surface area contributed by atoms with Crippen molar-refractivity contribution in [2.24, 2.45) is 0 Å². The third-order valence-corrected chi connectivity index (χ3v) is 6.69. The molecule has 6 nitrogen and oxygen atoms in total. The maximum atomic E-state index is 13.0. The first-order valence-corrected chi connectivity index (χ1v) is 11.7. The second kappa shape index (κ2) is 9.39. The minimum absolute atomic E-state index is 0.00290. The van der Waals surface area contributed by atoms with E-state index in [2.05, 4.69) is 10.6 Å². The number of ether oxygens (including phenoxy) is 2. The van der Waals surface area contributed by atoms with Crippen LogP contribution in [0.15, 0.2) is 66.7 Å². The SMILES string of the molecule is COc1ccc(OCCn2c([C@H]3CC(=O)N(c4ccc(Cl)c(C)c4)C3)nc3ccccc32)cc1. The highest BCUT2D eigenvalue weighted by molar-refractivity contribution is 6.31. The predicted octanol–water partition coefficient (Wildman–Crippen LogP) is 5.61. The number of benzene rings is 3. The zero-order chi connectivity index (χ0) is 23.7. The predicted molar refractivity (Wildman–Crippen MR) is 134 cm³/mol. The quantitative estimate of drug-likeness (QED) is 0.349. The van der Waals surface area contributed by atoms with Crippen LogP contribution in [0.25, 0.3) is 11.0 Å². The van der Waals surface area contributed by atoms with Crippen LogP contribution in [0.3, 0.4) is 0 Å². The van der Waals surface area contributed by atoms with E-state index in [-0.39, 0.29) is 11.8 Å². The molecule has 3 aromatic carbocycles. The van der Waals surface area contributed by atoms with Gasteiger partial charge in [-0.15, -0.1) is 0 Å². The lowest BCUT2D eigenvalue weighted by atomic mass is 10.1. The number of methoxy groups -OCH3 is 1. The maximum absolute atomic E-state index is 13.0. The highest BCUT2D eigenvalue weighted by atomic mass is 35.5. The highest BCUT2D eigenvalue weighted by Crippen LogP contribution is 2.34. The summed E-state index contributed by atoms with van der Waals surface area (Å²) in [6.45, 7) is 3.65. The van der Waals surface area contributed by atoms with Crippen molar-refractivity contribution in [3.05, 3.63) is 83.1 Å². The van der Waals surface area contributed by atoms with Gasteiger partial charge in [0.2, 0.25) is 5.91 Å². The first-order valence-electron chi connectivity index (χ1n) is 11.3. The van der Waals surface area contributed by atoms with Gasteiger partial charge in [0, 0.05) is 29.6 Å². The second-order valence-electron chi connectivity index (χ2n) is 8.47. The van der Waals surface area contributed by atoms with Crippen molar-refractivity contribution < 1.29 is 14.3 Å². The lowest BCUT2D eigenvalue weighted by molar-refractivity contribution is -0.117. The van der Waals surface area contributed by atoms with Gasteiger partial charge < -0.3 is 18.9 Å². The molecule has 7 heteroatoms. The summed E-state index contributed by atoms with van der Waals surface area (Å²) in [5, 5.41) is 0.700. The van der Waals surface area contributed by atoms with Crippen molar-refractivity contribution in [3.8, 4) is 11.5 Å². The van der Waals surface area contributed by atoms with Crippen molar-refractivity contribution in [2.75, 3.05) is 25.2 Å². The fourth-order valence-corrected chi connectivity index (χ4v) is 4.61. The van der Waals surface area contributed by atoms with Crippen molar-refractivity contribution >= 4 is 34.2 Å². The van der Waals surface area contributed by atoms with Gasteiger partial charge in [-0.3, -0.25) is 4.79 Å². The molecule has 1 amide bonds. The number of hydrogen-bond acceptors (Lipinski definition) is 4. The molecule has 0 bridgehead atoms. The lowest BCUT2D eigenvalue weighted by Gasteiger charge is -2.18. The van der Waals surface area contributed by atoms with Gasteiger partial charge in [-0.05, 0) is 67.1 Å². The number of nitrogens with zero attached hydrogens (tertiary/aromatic N) is 3. The molecule has 0 aliphatic carbocycles. The molecular formula is C27H26ClN3O3. The molecule has 0 unspecified atom stereocenters. The molecule has 0 N–H and O–H groups in total. The van der Waals surface area contributed by atoms with E-state index in [1.165, 1.54) is 0 Å². The van der Waals surface area contributed by atoms with E-state index in [1.807, 2.05) is 72.5 Å². The van der Waals surface area contributed by atoms with Crippen molar-refractivity contribution in [1.29, 1.82) is 0 Å². The zero-order valence-corrected chi connectivity index (χ0v) is 20.0. The van der Waals surface area contributed by atoms with Crippen LogP contribution in [0, 0.1) is 6.92 Å². The third kappa shape index (κ3) is 4.33. The molecule has 4 aromatic rings. The standard InChI is InChI=1S/C27H26ClN3O3/c1-18-15-20(7-12-23(18)28)31-17-19(16-26(31)32)27-29-24-5-3-4-6-25(24)30(27)13-14-34-22-10-8-21(33-2)9-11-22/h3-12,15,19H,13-14,16-17H2,1-2H3/t19-/m0/s1. The van der Waals surface area contributed by atoms with Crippen LogP contribution in [0.1, 0.15) is 23.7 Å². The number of aryl methyl sites for hydroxylation is 1. The number of anilines is 1. The summed E-state index contributed by atoms with van der Waals surface area (Å²) in [6.07, 6.45) is 0.421. The summed E-state index contributed by atoms with van der Waals surface area (Å²) in [5.74, 6) is 2.59. The number of halogens is 1. The Kier molecular flexibility index (Phi) is 6.16. The van der Waals surface area contributed by atoms with Crippen LogP contribution >= 0.6 is 11.6 Å². The number of rotatable bonds is 7. The Bertz CT molecular complexity index is 1330. The van der Waals surface area contributed by atoms with Crippen LogP contribution in [-0.2, 0) is 11.3 Å². The Labute approximate surface area is 203 Å². The monoisotopic (exact) mass is 475 g/mol. The van der Waals surface area contributed by atoms with Gasteiger partial charge >= 0.3 is 0 Å². The van der Waals surface area contributed by atoms with Crippen LogP contribution in [0.4, 0.5) is 5.69 Å². The van der Waals surface area contributed by atoms with Crippen LogP contribution in [0.2, 0.25) is 5.02 Å². The maximum Gasteiger partial charge on any atom is 0.227 e. The summed E-state index contributed by atoms with van der Waals surface area (Å²) in [7, 11) is 1.64. The fourth-order valence-electron chi connectivity index (χ4n) is 4.49. The van der Waals surface area contributed by atoms with E-state index in [0.717, 1.165) is 39.6 Å². The molecular weight excluding hydrogens is 450 g/mol. The number of hydrogen-bond donors (Lipinski definition) is 0. The molecule has 1 fully saturated rings. The van der Waals surface area contributed by atoms with E-state index >= 15 is 0 Å². The molecule has 174 valence electrons. The van der Waals surface area contributed by atoms with Gasteiger partial charge in [-0.1, -0.05) is 23.7 Å². The summed E-state index contributed by atoms with van der Waals surface area (Å²) in [6, 6.07) is 21.3. The van der Waals surface area contributed by atoms with Crippen LogP contribution in [0.5, 0.6) is 11.5 Å². The second-order valence-corrected chi connectivity index (χ2v) is 8.88. The Morgan fingerprint density at radius 1 is 1.06 bits per heavy atom. The number of amides is 1. The molecule has 0 saturated carbocycles. The Balaban J connectivity index is 1.38. The fraction of sp³-hybridized carbons (Fsp3) is 0.259. The highest BCUT2D eigenvalue weighted by Gasteiger charge is 2.35. The molecule has 1 aromatic heterocycles. The van der Waals surface area contributed by atoms with Gasteiger partial charge in [0.1, 0.15) is 23.9 Å². The van der Waals surface area contributed by atoms with Gasteiger partial charge in [-0.25, -0.2) is 4.98 Å². The molecule has 0 spiro atoms. The van der Waals surface area contributed by atoms with E-state index in [0.29, 0.717) is 31.1 Å².